The first-order valence-corrected chi connectivity index (χ1v) is 8.38. The Hall–Kier alpha value is -2.20. The van der Waals surface area contributed by atoms with Crippen LogP contribution in [0.4, 0.5) is 11.4 Å². The highest BCUT2D eigenvalue weighted by Crippen LogP contribution is 2.30. The van der Waals surface area contributed by atoms with Crippen LogP contribution in [-0.2, 0) is 4.79 Å². The molecule has 128 valence electrons. The molecule has 0 aromatic heterocycles. The van der Waals surface area contributed by atoms with E-state index in [-0.39, 0.29) is 5.91 Å². The Bertz CT molecular complexity index is 689. The van der Waals surface area contributed by atoms with E-state index in [0.29, 0.717) is 30.3 Å². The van der Waals surface area contributed by atoms with Gasteiger partial charge in [-0.3, -0.25) is 4.79 Å². The number of aryl methyl sites for hydroxylation is 1. The predicted octanol–water partition coefficient (Wildman–Crippen LogP) is 4.51. The van der Waals surface area contributed by atoms with E-state index >= 15 is 0 Å². The number of halogens is 1. The highest BCUT2D eigenvalue weighted by atomic mass is 35.5. The molecule has 0 spiro atoms. The normalized spacial score (nSPS) is 10.3. The van der Waals surface area contributed by atoms with Gasteiger partial charge in [0, 0.05) is 36.3 Å². The van der Waals surface area contributed by atoms with Crippen molar-refractivity contribution in [2.24, 2.45) is 0 Å². The van der Waals surface area contributed by atoms with Gasteiger partial charge in [-0.25, -0.2) is 0 Å². The summed E-state index contributed by atoms with van der Waals surface area (Å²) in [5, 5.41) is 3.92. The van der Waals surface area contributed by atoms with Crippen LogP contribution < -0.4 is 15.0 Å². The van der Waals surface area contributed by atoms with E-state index in [1.54, 1.807) is 18.1 Å². The van der Waals surface area contributed by atoms with Crippen molar-refractivity contribution in [3.63, 3.8) is 0 Å². The van der Waals surface area contributed by atoms with Gasteiger partial charge in [0.15, 0.2) is 0 Å². The first-order valence-electron chi connectivity index (χ1n) is 8.00. The van der Waals surface area contributed by atoms with Crippen LogP contribution in [0.2, 0.25) is 5.02 Å². The number of carbonyl (C=O) groups is 1. The largest absolute Gasteiger partial charge is 0.495 e. The standard InChI is InChI=1S/C19H23ClN2O2/c1-4-22(15-8-6-5-7-9-15)19(23)10-11-21-17-12-14(2)16(20)13-18(17)24-3/h5-9,12-13,21H,4,10-11H2,1-3H3. The zero-order chi connectivity index (χ0) is 17.5. The highest BCUT2D eigenvalue weighted by molar-refractivity contribution is 6.31. The molecule has 2 rings (SSSR count). The second kappa shape index (κ2) is 8.60. The van der Waals surface area contributed by atoms with Gasteiger partial charge in [0.25, 0.3) is 0 Å². The van der Waals surface area contributed by atoms with E-state index in [0.717, 1.165) is 16.9 Å². The summed E-state index contributed by atoms with van der Waals surface area (Å²) in [5.74, 6) is 0.759. The second-order valence-electron chi connectivity index (χ2n) is 5.45. The Labute approximate surface area is 148 Å². The number of benzene rings is 2. The molecule has 2 aromatic carbocycles. The maximum atomic E-state index is 12.5. The molecular weight excluding hydrogens is 324 g/mol. The monoisotopic (exact) mass is 346 g/mol. The Morgan fingerprint density at radius 3 is 2.58 bits per heavy atom. The van der Waals surface area contributed by atoms with E-state index in [1.807, 2.05) is 50.2 Å². The number of para-hydroxylation sites is 1. The summed E-state index contributed by atoms with van der Waals surface area (Å²) >= 11 is 6.11. The zero-order valence-electron chi connectivity index (χ0n) is 14.3. The number of amides is 1. The molecule has 0 saturated heterocycles. The minimum Gasteiger partial charge on any atom is -0.495 e. The highest BCUT2D eigenvalue weighted by Gasteiger charge is 2.13. The predicted molar refractivity (Wildman–Crippen MR) is 100 cm³/mol. The molecule has 0 aliphatic rings. The number of nitrogens with zero attached hydrogens (tertiary/aromatic N) is 1. The molecule has 24 heavy (non-hydrogen) atoms. The molecule has 1 N–H and O–H groups in total. The van der Waals surface area contributed by atoms with Crippen molar-refractivity contribution in [1.29, 1.82) is 0 Å². The van der Waals surface area contributed by atoms with Crippen LogP contribution in [0.3, 0.4) is 0 Å². The second-order valence-corrected chi connectivity index (χ2v) is 5.86. The van der Waals surface area contributed by atoms with Crippen LogP contribution in [0.15, 0.2) is 42.5 Å². The summed E-state index contributed by atoms with van der Waals surface area (Å²) in [6.07, 6.45) is 0.396. The van der Waals surface area contributed by atoms with Gasteiger partial charge in [-0.05, 0) is 37.6 Å². The van der Waals surface area contributed by atoms with Crippen molar-refractivity contribution in [3.8, 4) is 5.75 Å². The van der Waals surface area contributed by atoms with Crippen LogP contribution in [0.1, 0.15) is 18.9 Å². The van der Waals surface area contributed by atoms with Crippen molar-refractivity contribution in [3.05, 3.63) is 53.1 Å². The van der Waals surface area contributed by atoms with Crippen LogP contribution in [0.5, 0.6) is 5.75 Å². The molecule has 4 nitrogen and oxygen atoms in total. The molecule has 0 atom stereocenters. The maximum Gasteiger partial charge on any atom is 0.228 e. The molecule has 5 heteroatoms. The van der Waals surface area contributed by atoms with Crippen molar-refractivity contribution >= 4 is 28.9 Å². The van der Waals surface area contributed by atoms with Crippen molar-refractivity contribution in [2.75, 3.05) is 30.4 Å². The number of rotatable bonds is 7. The third kappa shape index (κ3) is 4.42. The Morgan fingerprint density at radius 2 is 1.96 bits per heavy atom. The van der Waals surface area contributed by atoms with Gasteiger partial charge < -0.3 is 15.0 Å². The molecule has 0 fully saturated rings. The summed E-state index contributed by atoms with van der Waals surface area (Å²) in [7, 11) is 1.60. The number of carbonyl (C=O) groups excluding carboxylic acids is 1. The fourth-order valence-corrected chi connectivity index (χ4v) is 2.67. The van der Waals surface area contributed by atoms with Gasteiger partial charge in [0.2, 0.25) is 5.91 Å². The summed E-state index contributed by atoms with van der Waals surface area (Å²) in [5.41, 5.74) is 2.73. The van der Waals surface area contributed by atoms with Crippen LogP contribution in [0.25, 0.3) is 0 Å². The molecule has 0 aliphatic heterocycles. The summed E-state index contributed by atoms with van der Waals surface area (Å²) in [6.45, 7) is 5.09. The summed E-state index contributed by atoms with van der Waals surface area (Å²) in [4.78, 5) is 14.3. The van der Waals surface area contributed by atoms with Crippen molar-refractivity contribution in [2.45, 2.75) is 20.3 Å². The minimum atomic E-state index is 0.0841. The molecular formula is C19H23ClN2O2. The Kier molecular flexibility index (Phi) is 6.50. The van der Waals surface area contributed by atoms with E-state index in [9.17, 15) is 4.79 Å². The van der Waals surface area contributed by atoms with E-state index in [2.05, 4.69) is 5.32 Å². The zero-order valence-corrected chi connectivity index (χ0v) is 15.1. The average molecular weight is 347 g/mol. The maximum absolute atomic E-state index is 12.5. The SMILES string of the molecule is CCN(C(=O)CCNc1cc(C)c(Cl)cc1OC)c1ccccc1. The van der Waals surface area contributed by atoms with E-state index in [1.165, 1.54) is 0 Å². The smallest absolute Gasteiger partial charge is 0.228 e. The van der Waals surface area contributed by atoms with Crippen LogP contribution in [0, 0.1) is 6.92 Å². The van der Waals surface area contributed by atoms with Gasteiger partial charge in [-0.1, -0.05) is 29.8 Å². The molecule has 0 aliphatic carbocycles. The van der Waals surface area contributed by atoms with Gasteiger partial charge in [-0.15, -0.1) is 0 Å². The molecule has 0 heterocycles. The topological polar surface area (TPSA) is 41.6 Å². The third-order valence-corrected chi connectivity index (χ3v) is 4.23. The van der Waals surface area contributed by atoms with E-state index < -0.39 is 0 Å². The fourth-order valence-electron chi connectivity index (χ4n) is 2.52. The Morgan fingerprint density at radius 1 is 1.25 bits per heavy atom. The van der Waals surface area contributed by atoms with Crippen LogP contribution >= 0.6 is 11.6 Å². The van der Waals surface area contributed by atoms with Crippen LogP contribution in [-0.4, -0.2) is 26.1 Å². The third-order valence-electron chi connectivity index (χ3n) is 3.82. The summed E-state index contributed by atoms with van der Waals surface area (Å²) < 4.78 is 5.33. The number of hydrogen-bond donors (Lipinski definition) is 1. The number of methoxy groups -OCH3 is 1. The molecule has 0 saturated carbocycles. The quantitative estimate of drug-likeness (QED) is 0.801. The van der Waals surface area contributed by atoms with Gasteiger partial charge in [-0.2, -0.15) is 0 Å². The first-order chi connectivity index (χ1) is 11.6. The molecule has 0 bridgehead atoms. The molecule has 0 radical (unpaired) electrons. The lowest BCUT2D eigenvalue weighted by Gasteiger charge is -2.21. The lowest BCUT2D eigenvalue weighted by atomic mass is 10.2. The van der Waals surface area contributed by atoms with Crippen molar-refractivity contribution < 1.29 is 9.53 Å². The molecule has 1 amide bonds. The lowest BCUT2D eigenvalue weighted by Crippen LogP contribution is -2.31. The average Bonchev–Trinajstić information content (AvgIpc) is 2.59. The first kappa shape index (κ1) is 18.1. The van der Waals surface area contributed by atoms with Crippen molar-refractivity contribution in [1.82, 2.24) is 0 Å². The minimum absolute atomic E-state index is 0.0841. The van der Waals surface area contributed by atoms with Gasteiger partial charge in [0.05, 0.1) is 12.8 Å². The lowest BCUT2D eigenvalue weighted by molar-refractivity contribution is -0.118. The van der Waals surface area contributed by atoms with Gasteiger partial charge in [0.1, 0.15) is 5.75 Å². The summed E-state index contributed by atoms with van der Waals surface area (Å²) in [6, 6.07) is 13.4. The molecule has 0 unspecified atom stereocenters. The van der Waals surface area contributed by atoms with Gasteiger partial charge >= 0.3 is 0 Å². The Balaban J connectivity index is 1.98. The molecule has 2 aromatic rings. The fraction of sp³-hybridized carbons (Fsp3) is 0.316. The number of hydrogen-bond acceptors (Lipinski definition) is 3. The number of anilines is 2. The van der Waals surface area contributed by atoms with E-state index in [4.69, 9.17) is 16.3 Å². The number of nitrogens with one attached hydrogen (secondary N) is 1. The number of ether oxygens (including phenoxy) is 1.